The average Bonchev–Trinajstić information content (AvgIpc) is 2.61. The molecular weight excluding hydrogens is 367 g/mol. The molecule has 7 heteroatoms. The number of carbonyl (C=O) groups excluding carboxylic acids is 1. The Bertz CT molecular complexity index is 552. The summed E-state index contributed by atoms with van der Waals surface area (Å²) >= 11 is 12.3. The molecule has 0 radical (unpaired) electrons. The number of esters is 1. The fourth-order valence-corrected chi connectivity index (χ4v) is 3.56. The molecule has 1 fully saturated rings. The Morgan fingerprint density at radius 1 is 1.36 bits per heavy atom. The maximum absolute atomic E-state index is 11.8. The molecule has 0 saturated carbocycles. The van der Waals surface area contributed by atoms with Gasteiger partial charge in [-0.1, -0.05) is 60.5 Å². The van der Waals surface area contributed by atoms with Gasteiger partial charge in [0.1, 0.15) is 6.10 Å². The molecule has 140 valence electrons. The summed E-state index contributed by atoms with van der Waals surface area (Å²) in [6, 6.07) is 9.85. The van der Waals surface area contributed by atoms with E-state index in [-0.39, 0.29) is 6.10 Å². The zero-order valence-corrected chi connectivity index (χ0v) is 15.9. The predicted octanol–water partition coefficient (Wildman–Crippen LogP) is 3.09. The topological polar surface area (TPSA) is 65.0 Å². The summed E-state index contributed by atoms with van der Waals surface area (Å²) in [7, 11) is 1.21. The van der Waals surface area contributed by atoms with E-state index in [1.54, 1.807) is 6.92 Å². The van der Waals surface area contributed by atoms with E-state index in [2.05, 4.69) is 4.74 Å². The number of rotatable bonds is 7. The zero-order chi connectivity index (χ0) is 18.4. The van der Waals surface area contributed by atoms with E-state index in [0.717, 1.165) is 5.56 Å². The van der Waals surface area contributed by atoms with E-state index in [4.69, 9.17) is 32.7 Å². The second kappa shape index (κ2) is 9.19. The van der Waals surface area contributed by atoms with Crippen LogP contribution < -0.4 is 0 Å². The average molecular weight is 391 g/mol. The smallest absolute Gasteiger partial charge is 0.345 e. The summed E-state index contributed by atoms with van der Waals surface area (Å²) in [6.07, 6.45) is -0.811. The summed E-state index contributed by atoms with van der Waals surface area (Å²) in [5, 5.41) is 10.3. The number of aliphatic hydroxyl groups excluding tert-OH is 1. The van der Waals surface area contributed by atoms with E-state index in [1.165, 1.54) is 7.11 Å². The summed E-state index contributed by atoms with van der Waals surface area (Å²) in [6.45, 7) is 2.72. The van der Waals surface area contributed by atoms with Crippen LogP contribution >= 0.6 is 23.2 Å². The van der Waals surface area contributed by atoms with E-state index in [9.17, 15) is 9.90 Å². The number of methoxy groups -OCH3 is 1. The fraction of sp³-hybridized carbons (Fsp3) is 0.611. The number of benzene rings is 1. The molecule has 1 aromatic rings. The van der Waals surface area contributed by atoms with Gasteiger partial charge in [-0.2, -0.15) is 0 Å². The van der Waals surface area contributed by atoms with Gasteiger partial charge < -0.3 is 19.3 Å². The molecule has 0 bridgehead atoms. The van der Waals surface area contributed by atoms with Crippen LogP contribution in [0.5, 0.6) is 0 Å². The van der Waals surface area contributed by atoms with Gasteiger partial charge in [-0.05, 0) is 18.4 Å². The van der Waals surface area contributed by atoms with Gasteiger partial charge in [0, 0.05) is 12.5 Å². The number of alkyl halides is 2. The Morgan fingerprint density at radius 2 is 2.04 bits per heavy atom. The lowest BCUT2D eigenvalue weighted by molar-refractivity contribution is -0.164. The molecule has 1 heterocycles. The minimum atomic E-state index is -1.86. The first kappa shape index (κ1) is 20.5. The maximum Gasteiger partial charge on any atom is 0.345 e. The van der Waals surface area contributed by atoms with E-state index in [1.807, 2.05) is 30.3 Å². The summed E-state index contributed by atoms with van der Waals surface area (Å²) in [4.78, 5) is 11.8. The lowest BCUT2D eigenvalue weighted by atomic mass is 9.87. The minimum Gasteiger partial charge on any atom is -0.467 e. The zero-order valence-electron chi connectivity index (χ0n) is 14.4. The first-order chi connectivity index (χ1) is 11.9. The van der Waals surface area contributed by atoms with Gasteiger partial charge in [-0.25, -0.2) is 4.79 Å². The van der Waals surface area contributed by atoms with Crippen LogP contribution in [0.15, 0.2) is 30.3 Å². The number of aliphatic hydroxyl groups is 1. The van der Waals surface area contributed by atoms with Crippen LogP contribution in [0.25, 0.3) is 0 Å². The summed E-state index contributed by atoms with van der Waals surface area (Å²) < 4.78 is 14.3. The van der Waals surface area contributed by atoms with Crippen LogP contribution in [-0.2, 0) is 25.6 Å². The van der Waals surface area contributed by atoms with Crippen molar-refractivity contribution in [3.63, 3.8) is 0 Å². The lowest BCUT2D eigenvalue weighted by Crippen LogP contribution is -2.54. The standard InChI is InChI=1S/C18H24Cl2O5/c1-12-15(21)10-14(25-16(12)18(19,20)17(22)23-2)8-9-24-11-13-6-4-3-5-7-13/h3-7,12,14-16,21H,8-11H2,1-2H3/t12-,14-,15+,16-/m1/s1. The van der Waals surface area contributed by atoms with Gasteiger partial charge >= 0.3 is 5.97 Å². The molecule has 1 N–H and O–H groups in total. The molecule has 0 spiro atoms. The quantitative estimate of drug-likeness (QED) is 0.440. The van der Waals surface area contributed by atoms with Crippen molar-refractivity contribution in [3.8, 4) is 0 Å². The molecule has 1 aliphatic rings. The molecule has 0 unspecified atom stereocenters. The molecule has 0 amide bonds. The molecule has 5 nitrogen and oxygen atoms in total. The van der Waals surface area contributed by atoms with E-state index >= 15 is 0 Å². The molecule has 1 aromatic carbocycles. The van der Waals surface area contributed by atoms with Gasteiger partial charge in [0.25, 0.3) is 0 Å². The van der Waals surface area contributed by atoms with Crippen molar-refractivity contribution in [2.45, 2.75) is 49.0 Å². The van der Waals surface area contributed by atoms with Crippen LogP contribution in [0.1, 0.15) is 25.3 Å². The Hall–Kier alpha value is -0.850. The fourth-order valence-electron chi connectivity index (χ4n) is 2.91. The number of carbonyl (C=O) groups is 1. The van der Waals surface area contributed by atoms with E-state index in [0.29, 0.717) is 26.1 Å². The normalized spacial score (nSPS) is 27.1. The maximum atomic E-state index is 11.8. The second-order valence-electron chi connectivity index (χ2n) is 6.28. The van der Waals surface area contributed by atoms with Crippen LogP contribution in [0.3, 0.4) is 0 Å². The molecule has 1 saturated heterocycles. The number of hydrogen-bond acceptors (Lipinski definition) is 5. The Balaban J connectivity index is 1.88. The van der Waals surface area contributed by atoms with Crippen molar-refractivity contribution in [3.05, 3.63) is 35.9 Å². The highest BCUT2D eigenvalue weighted by atomic mass is 35.5. The van der Waals surface area contributed by atoms with Crippen LogP contribution in [0, 0.1) is 5.92 Å². The number of hydrogen-bond donors (Lipinski definition) is 1. The van der Waals surface area contributed by atoms with Crippen molar-refractivity contribution in [2.24, 2.45) is 5.92 Å². The van der Waals surface area contributed by atoms with Gasteiger partial charge in [0.05, 0.1) is 25.9 Å². The molecule has 0 aliphatic carbocycles. The highest BCUT2D eigenvalue weighted by molar-refractivity contribution is 6.58. The Morgan fingerprint density at radius 3 is 2.68 bits per heavy atom. The Labute approximate surface area is 158 Å². The third-order valence-electron chi connectivity index (χ3n) is 4.44. The van der Waals surface area contributed by atoms with Crippen molar-refractivity contribution in [1.29, 1.82) is 0 Å². The van der Waals surface area contributed by atoms with Crippen LogP contribution in [-0.4, -0.2) is 47.4 Å². The van der Waals surface area contributed by atoms with Crippen LogP contribution in [0.4, 0.5) is 0 Å². The predicted molar refractivity (Wildman–Crippen MR) is 95.6 cm³/mol. The van der Waals surface area contributed by atoms with Crippen molar-refractivity contribution < 1.29 is 24.1 Å². The van der Waals surface area contributed by atoms with Gasteiger partial charge in [0.2, 0.25) is 4.33 Å². The minimum absolute atomic E-state index is 0.298. The van der Waals surface area contributed by atoms with Crippen molar-refractivity contribution >= 4 is 29.2 Å². The third-order valence-corrected chi connectivity index (χ3v) is 5.18. The van der Waals surface area contributed by atoms with Crippen molar-refractivity contribution in [2.75, 3.05) is 13.7 Å². The third kappa shape index (κ3) is 5.31. The van der Waals surface area contributed by atoms with Gasteiger partial charge in [-0.3, -0.25) is 0 Å². The van der Waals surface area contributed by atoms with Crippen LogP contribution in [0.2, 0.25) is 0 Å². The van der Waals surface area contributed by atoms with Gasteiger partial charge in [0.15, 0.2) is 0 Å². The molecule has 2 rings (SSSR count). The highest BCUT2D eigenvalue weighted by Crippen LogP contribution is 2.39. The number of ether oxygens (including phenoxy) is 3. The Kier molecular flexibility index (Phi) is 7.52. The van der Waals surface area contributed by atoms with E-state index < -0.39 is 28.4 Å². The highest BCUT2D eigenvalue weighted by Gasteiger charge is 2.52. The molecule has 0 aromatic heterocycles. The summed E-state index contributed by atoms with van der Waals surface area (Å²) in [5.74, 6) is -1.18. The molecule has 4 atom stereocenters. The first-order valence-corrected chi connectivity index (χ1v) is 9.03. The lowest BCUT2D eigenvalue weighted by Gasteiger charge is -2.42. The monoisotopic (exact) mass is 390 g/mol. The van der Waals surface area contributed by atoms with Crippen molar-refractivity contribution in [1.82, 2.24) is 0 Å². The largest absolute Gasteiger partial charge is 0.467 e. The molecule has 25 heavy (non-hydrogen) atoms. The molecular formula is C18H24Cl2O5. The first-order valence-electron chi connectivity index (χ1n) is 8.27. The SMILES string of the molecule is COC(=O)C(Cl)(Cl)[C@@H]1O[C@H](CCOCc2ccccc2)C[C@H](O)[C@H]1C. The molecule has 1 aliphatic heterocycles. The summed E-state index contributed by atoms with van der Waals surface area (Å²) in [5.41, 5.74) is 1.09. The van der Waals surface area contributed by atoms with Gasteiger partial charge in [-0.15, -0.1) is 0 Å². The number of halogens is 2. The second-order valence-corrected chi connectivity index (χ2v) is 7.67.